The molecule has 0 spiro atoms. The first-order valence-electron chi connectivity index (χ1n) is 11.2. The van der Waals surface area contributed by atoms with Gasteiger partial charge in [0.25, 0.3) is 17.7 Å². The molecule has 0 aliphatic carbocycles. The molecule has 1 rings (SSSR count). The lowest BCUT2D eigenvalue weighted by atomic mass is 10.1. The number of amides is 4. The summed E-state index contributed by atoms with van der Waals surface area (Å²) in [6.07, 6.45) is 5.02. The van der Waals surface area contributed by atoms with Gasteiger partial charge in [-0.25, -0.2) is 0 Å². The van der Waals surface area contributed by atoms with Crippen LogP contribution in [-0.4, -0.2) is 92.7 Å². The molecule has 34 heavy (non-hydrogen) atoms. The Kier molecular flexibility index (Phi) is 14.2. The van der Waals surface area contributed by atoms with Gasteiger partial charge in [-0.1, -0.05) is 0 Å². The van der Waals surface area contributed by atoms with E-state index in [1.807, 2.05) is 0 Å². The van der Waals surface area contributed by atoms with E-state index in [9.17, 15) is 28.8 Å². The molecule has 1 heterocycles. The van der Waals surface area contributed by atoms with Gasteiger partial charge in [0.2, 0.25) is 11.7 Å². The first-order chi connectivity index (χ1) is 16.3. The fourth-order valence-electron chi connectivity index (χ4n) is 3.10. The van der Waals surface area contributed by atoms with Gasteiger partial charge in [-0.3, -0.25) is 33.7 Å². The largest absolute Gasteiger partial charge is 0.379 e. The van der Waals surface area contributed by atoms with Gasteiger partial charge in [0.1, 0.15) is 12.4 Å². The smallest absolute Gasteiger partial charge is 0.286 e. The summed E-state index contributed by atoms with van der Waals surface area (Å²) in [5.41, 5.74) is 4.98. The maximum atomic E-state index is 11.8. The number of rotatable bonds is 20. The molecule has 1 aliphatic rings. The van der Waals surface area contributed by atoms with Gasteiger partial charge < -0.3 is 25.8 Å². The van der Waals surface area contributed by atoms with Crippen molar-refractivity contribution in [1.82, 2.24) is 15.5 Å². The van der Waals surface area contributed by atoms with Crippen molar-refractivity contribution in [1.29, 1.82) is 0 Å². The summed E-state index contributed by atoms with van der Waals surface area (Å²) in [6.45, 7) is 1.27. The SMILES string of the molecule is CNC(CCCCNC(=O)COCCOCCCC(=O)CCN1C(=O)C=CC1=O)C(=O)C(N)=O. The molecule has 0 aromatic heterocycles. The first-order valence-corrected chi connectivity index (χ1v) is 11.2. The number of nitrogens with two attached hydrogens (primary N) is 1. The molecule has 1 atom stereocenters. The highest BCUT2D eigenvalue weighted by molar-refractivity contribution is 6.37. The molecular formula is C22H34N4O8. The highest BCUT2D eigenvalue weighted by atomic mass is 16.5. The third-order valence-corrected chi connectivity index (χ3v) is 5.01. The molecule has 12 heteroatoms. The van der Waals surface area contributed by atoms with E-state index in [-0.39, 0.29) is 44.5 Å². The topological polar surface area (TPSA) is 174 Å². The molecule has 0 aromatic rings. The summed E-state index contributed by atoms with van der Waals surface area (Å²) >= 11 is 0. The number of unbranched alkanes of at least 4 members (excludes halogenated alkanes) is 1. The Bertz CT molecular complexity index is 750. The summed E-state index contributed by atoms with van der Waals surface area (Å²) in [6, 6.07) is -0.613. The second-order valence-electron chi connectivity index (χ2n) is 7.63. The van der Waals surface area contributed by atoms with Gasteiger partial charge in [-0.2, -0.15) is 0 Å². The van der Waals surface area contributed by atoms with Gasteiger partial charge in [-0.15, -0.1) is 0 Å². The van der Waals surface area contributed by atoms with Crippen molar-refractivity contribution < 1.29 is 38.2 Å². The quantitative estimate of drug-likeness (QED) is 0.107. The zero-order valence-electron chi connectivity index (χ0n) is 19.5. The first kappa shape index (κ1) is 29.1. The number of carbonyl (C=O) groups is 6. The second kappa shape index (κ2) is 16.6. The van der Waals surface area contributed by atoms with Crippen LogP contribution in [0.2, 0.25) is 0 Å². The summed E-state index contributed by atoms with van der Waals surface area (Å²) in [7, 11) is 1.58. The molecule has 0 saturated heterocycles. The number of nitrogens with one attached hydrogen (secondary N) is 2. The molecule has 0 fully saturated rings. The minimum atomic E-state index is -0.967. The van der Waals surface area contributed by atoms with Crippen LogP contribution in [0.25, 0.3) is 0 Å². The van der Waals surface area contributed by atoms with Gasteiger partial charge in [0.15, 0.2) is 0 Å². The summed E-state index contributed by atoms with van der Waals surface area (Å²) in [5, 5.41) is 5.45. The molecular weight excluding hydrogens is 448 g/mol. The predicted octanol–water partition coefficient (Wildman–Crippen LogP) is -1.39. The van der Waals surface area contributed by atoms with E-state index >= 15 is 0 Å². The van der Waals surface area contributed by atoms with Gasteiger partial charge in [0, 0.05) is 44.7 Å². The molecule has 4 N–H and O–H groups in total. The monoisotopic (exact) mass is 482 g/mol. The zero-order valence-corrected chi connectivity index (χ0v) is 19.5. The lowest BCUT2D eigenvalue weighted by Gasteiger charge is -2.13. The van der Waals surface area contributed by atoms with E-state index in [0.29, 0.717) is 45.3 Å². The van der Waals surface area contributed by atoms with Gasteiger partial charge in [0.05, 0.1) is 19.3 Å². The minimum Gasteiger partial charge on any atom is -0.379 e. The zero-order chi connectivity index (χ0) is 25.3. The van der Waals surface area contributed by atoms with Crippen molar-refractivity contribution in [2.45, 2.75) is 44.6 Å². The number of likely N-dealkylation sites (N-methyl/N-ethyl adjacent to an activating group) is 1. The van der Waals surface area contributed by atoms with Crippen LogP contribution in [0, 0.1) is 0 Å². The van der Waals surface area contributed by atoms with Crippen molar-refractivity contribution in [2.75, 3.05) is 46.6 Å². The average Bonchev–Trinajstić information content (AvgIpc) is 3.13. The van der Waals surface area contributed by atoms with Crippen molar-refractivity contribution >= 4 is 35.2 Å². The number of Topliss-reactive ketones (excluding diaryl/α,β-unsaturated/α-hetero) is 2. The number of hydrogen-bond acceptors (Lipinski definition) is 9. The second-order valence-corrected chi connectivity index (χ2v) is 7.63. The van der Waals surface area contributed by atoms with E-state index in [0.717, 1.165) is 4.90 Å². The van der Waals surface area contributed by atoms with E-state index in [4.69, 9.17) is 15.2 Å². The average molecular weight is 483 g/mol. The van der Waals surface area contributed by atoms with Crippen LogP contribution in [0.5, 0.6) is 0 Å². The van der Waals surface area contributed by atoms with E-state index in [1.165, 1.54) is 12.2 Å². The van der Waals surface area contributed by atoms with Gasteiger partial charge >= 0.3 is 0 Å². The van der Waals surface area contributed by atoms with Crippen molar-refractivity contribution in [2.24, 2.45) is 5.73 Å². The number of imide groups is 1. The van der Waals surface area contributed by atoms with Crippen LogP contribution in [0.4, 0.5) is 0 Å². The van der Waals surface area contributed by atoms with Gasteiger partial charge in [-0.05, 0) is 32.7 Å². The number of hydrogen-bond donors (Lipinski definition) is 3. The van der Waals surface area contributed by atoms with Crippen LogP contribution in [-0.2, 0) is 38.2 Å². The number of primary amides is 1. The van der Waals surface area contributed by atoms with Crippen LogP contribution < -0.4 is 16.4 Å². The summed E-state index contributed by atoms with van der Waals surface area (Å²) in [4.78, 5) is 69.8. The highest BCUT2D eigenvalue weighted by Crippen LogP contribution is 2.06. The van der Waals surface area contributed by atoms with E-state index in [1.54, 1.807) is 7.05 Å². The van der Waals surface area contributed by atoms with E-state index < -0.39 is 29.5 Å². The fourth-order valence-corrected chi connectivity index (χ4v) is 3.10. The number of carbonyl (C=O) groups excluding carboxylic acids is 6. The van der Waals surface area contributed by atoms with Crippen LogP contribution in [0.1, 0.15) is 38.5 Å². The molecule has 4 amide bonds. The third kappa shape index (κ3) is 11.8. The van der Waals surface area contributed by atoms with Crippen LogP contribution in [0.3, 0.4) is 0 Å². The van der Waals surface area contributed by atoms with Crippen LogP contribution in [0.15, 0.2) is 12.2 Å². The number of nitrogens with zero attached hydrogens (tertiary/aromatic N) is 1. The molecule has 0 saturated carbocycles. The molecule has 12 nitrogen and oxygen atoms in total. The molecule has 1 aliphatic heterocycles. The molecule has 0 bridgehead atoms. The summed E-state index contributed by atoms with van der Waals surface area (Å²) in [5.74, 6) is -2.73. The summed E-state index contributed by atoms with van der Waals surface area (Å²) < 4.78 is 10.6. The van der Waals surface area contributed by atoms with E-state index in [2.05, 4.69) is 10.6 Å². The Morgan fingerprint density at radius 3 is 2.29 bits per heavy atom. The lowest BCUT2D eigenvalue weighted by Crippen LogP contribution is -2.41. The van der Waals surface area contributed by atoms with Crippen molar-refractivity contribution in [3.63, 3.8) is 0 Å². The predicted molar refractivity (Wildman–Crippen MR) is 120 cm³/mol. The molecule has 190 valence electrons. The van der Waals surface area contributed by atoms with Crippen LogP contribution >= 0.6 is 0 Å². The maximum Gasteiger partial charge on any atom is 0.286 e. The third-order valence-electron chi connectivity index (χ3n) is 5.01. The minimum absolute atomic E-state index is 0.0510. The molecule has 0 aromatic carbocycles. The lowest BCUT2D eigenvalue weighted by molar-refractivity contribution is -0.137. The Morgan fingerprint density at radius 1 is 0.971 bits per heavy atom. The maximum absolute atomic E-state index is 11.8. The standard InChI is InChI=1S/C22H34N4O8/c1-24-17(21(31)22(23)32)6-2-3-10-25-18(28)15-34-14-13-33-12-4-5-16(27)9-11-26-19(29)7-8-20(26)30/h7-8,17,24H,2-6,9-15H2,1H3,(H2,23,32)(H,25,28). The Labute approximate surface area is 198 Å². The normalized spacial score (nSPS) is 13.9. The number of ether oxygens (including phenoxy) is 2. The van der Waals surface area contributed by atoms with Crippen molar-refractivity contribution in [3.05, 3.63) is 12.2 Å². The fraction of sp³-hybridized carbons (Fsp3) is 0.636. The molecule has 1 unspecified atom stereocenters. The highest BCUT2D eigenvalue weighted by Gasteiger charge is 2.23. The Balaban J connectivity index is 1.93. The Morgan fingerprint density at radius 2 is 1.65 bits per heavy atom. The number of ketones is 2. The Hall–Kier alpha value is -2.96. The van der Waals surface area contributed by atoms with Crippen molar-refractivity contribution in [3.8, 4) is 0 Å². The molecule has 0 radical (unpaired) electrons.